The number of nitrogens with zero attached hydrogens (tertiary/aromatic N) is 1. The highest BCUT2D eigenvalue weighted by molar-refractivity contribution is 7.45. The Morgan fingerprint density at radius 3 is 2.05 bits per heavy atom. The van der Waals surface area contributed by atoms with Gasteiger partial charge in [-0.3, -0.25) is 18.9 Å². The van der Waals surface area contributed by atoms with Crippen LogP contribution in [0.3, 0.4) is 0 Å². The Balaban J connectivity index is 1.73. The van der Waals surface area contributed by atoms with Gasteiger partial charge in [0.1, 0.15) is 25.5 Å². The lowest BCUT2D eigenvalue weighted by atomic mass is 9.86. The third-order valence-corrected chi connectivity index (χ3v) is 12.0. The Morgan fingerprint density at radius 2 is 1.42 bits per heavy atom. The van der Waals surface area contributed by atoms with E-state index in [2.05, 4.69) is 26.0 Å². The van der Waals surface area contributed by atoms with Crippen molar-refractivity contribution in [2.24, 2.45) is 11.8 Å². The Hall–Kier alpha value is -1.66. The third-order valence-electron chi connectivity index (χ3n) is 11.1. The number of quaternary nitrogens is 1. The molecule has 0 aromatic carbocycles. The molecule has 2 rings (SSSR count). The normalized spacial score (nSPS) is 22.5. The van der Waals surface area contributed by atoms with Gasteiger partial charge in [0.15, 0.2) is 6.10 Å². The van der Waals surface area contributed by atoms with Crippen molar-refractivity contribution >= 4 is 25.5 Å². The van der Waals surface area contributed by atoms with E-state index in [0.29, 0.717) is 43.1 Å². The zero-order valence-corrected chi connectivity index (χ0v) is 37.2. The molecule has 2 aliphatic rings. The van der Waals surface area contributed by atoms with Crippen LogP contribution in [0.5, 0.6) is 0 Å². The molecule has 0 spiro atoms. The lowest BCUT2D eigenvalue weighted by molar-refractivity contribution is -0.870. The van der Waals surface area contributed by atoms with E-state index in [0.717, 1.165) is 32.1 Å². The molecule has 1 saturated carbocycles. The molecule has 2 fully saturated rings. The number of hydrogen-bond acceptors (Lipinski definition) is 11. The second-order valence-electron chi connectivity index (χ2n) is 17.4. The van der Waals surface area contributed by atoms with E-state index in [4.69, 9.17) is 23.3 Å². The monoisotopic (exact) mass is 830 g/mol. The second kappa shape index (κ2) is 29.5. The molecule has 332 valence electrons. The SMILES string of the molecule is CCCCC/C=C\C[C@H]1[C@H](O)CC(=O)[C@H]1CC1OC1CCCC(=O)OC(COC(=O)CCCCCCCCCCCCCCC)COP(=O)([O-])OCC[N+](C)(C)C. The number of aliphatic hydroxyl groups is 1. The van der Waals surface area contributed by atoms with Crippen LogP contribution in [0.25, 0.3) is 0 Å². The summed E-state index contributed by atoms with van der Waals surface area (Å²) in [6.07, 6.45) is 25.2. The first kappa shape index (κ1) is 51.5. The first-order valence-corrected chi connectivity index (χ1v) is 24.0. The number of unbranched alkanes of at least 4 members (excludes halogenated alkanes) is 15. The van der Waals surface area contributed by atoms with Crippen molar-refractivity contribution in [3.63, 3.8) is 0 Å². The van der Waals surface area contributed by atoms with Gasteiger partial charge in [-0.1, -0.05) is 116 Å². The Bertz CT molecular complexity index is 1190. The van der Waals surface area contributed by atoms with Crippen molar-refractivity contribution in [2.45, 2.75) is 192 Å². The maximum absolute atomic E-state index is 12.9. The molecule has 0 aromatic heterocycles. The minimum atomic E-state index is -4.69. The van der Waals surface area contributed by atoms with Crippen molar-refractivity contribution in [2.75, 3.05) is 47.5 Å². The van der Waals surface area contributed by atoms with Gasteiger partial charge in [-0.15, -0.1) is 0 Å². The van der Waals surface area contributed by atoms with Gasteiger partial charge in [0.05, 0.1) is 46.1 Å². The lowest BCUT2D eigenvalue weighted by Crippen LogP contribution is -2.37. The molecule has 7 atom stereocenters. The number of phosphoric ester groups is 1. The molecule has 1 aliphatic heterocycles. The predicted octanol–water partition coefficient (Wildman–Crippen LogP) is 8.55. The fraction of sp³-hybridized carbons (Fsp3) is 0.886. The highest BCUT2D eigenvalue weighted by atomic mass is 31.2. The van der Waals surface area contributed by atoms with E-state index in [9.17, 15) is 28.9 Å². The Morgan fingerprint density at radius 1 is 0.825 bits per heavy atom. The van der Waals surface area contributed by atoms with Gasteiger partial charge in [-0.2, -0.15) is 0 Å². The molecule has 12 nitrogen and oxygen atoms in total. The number of carbonyl (C=O) groups excluding carboxylic acids is 3. The number of esters is 2. The number of allylic oxidation sites excluding steroid dienone is 2. The van der Waals surface area contributed by atoms with Crippen molar-refractivity contribution in [3.8, 4) is 0 Å². The lowest BCUT2D eigenvalue weighted by Gasteiger charge is -2.28. The molecule has 4 unspecified atom stereocenters. The predicted molar refractivity (Wildman–Crippen MR) is 221 cm³/mol. The summed E-state index contributed by atoms with van der Waals surface area (Å²) in [6.45, 7) is 3.92. The van der Waals surface area contributed by atoms with E-state index < -0.39 is 38.6 Å². The van der Waals surface area contributed by atoms with Crippen molar-refractivity contribution in [1.82, 2.24) is 0 Å². The summed E-state index contributed by atoms with van der Waals surface area (Å²) >= 11 is 0. The fourth-order valence-corrected chi connectivity index (χ4v) is 8.14. The molecule has 0 aromatic rings. The molecular formula is C44H80NO11P. The van der Waals surface area contributed by atoms with E-state index in [1.165, 1.54) is 70.6 Å². The van der Waals surface area contributed by atoms with Gasteiger partial charge in [-0.25, -0.2) is 0 Å². The van der Waals surface area contributed by atoms with Crippen LogP contribution in [0.2, 0.25) is 0 Å². The minimum absolute atomic E-state index is 0.0531. The number of likely N-dealkylation sites (N-methyl/N-ethyl adjacent to an activating group) is 1. The number of epoxide rings is 1. The van der Waals surface area contributed by atoms with E-state index in [-0.39, 0.29) is 62.3 Å². The number of ketones is 1. The standard InChI is InChI=1S/C44H80NO11P/c1-6-8-10-12-14-15-16-17-18-19-20-22-24-28-43(48)52-34-36(35-54-57(50,51)53-31-30-45(3,4)5)55-44(49)29-25-27-41-42(56-41)32-38-37(39(46)33-40(38)47)26-23-21-13-11-9-7-2/h21,23,36-39,41-42,46H,6-20,22,24-35H2,1-5H3/b23-21-/t36?,37-,38+,39-,41?,42?/m1/s1. The van der Waals surface area contributed by atoms with Crippen LogP contribution in [0.1, 0.15) is 168 Å². The zero-order valence-electron chi connectivity index (χ0n) is 36.3. The number of hydrogen-bond donors (Lipinski definition) is 1. The summed E-state index contributed by atoms with van der Waals surface area (Å²) in [6, 6.07) is 0. The maximum atomic E-state index is 12.9. The Labute approximate surface area is 345 Å². The van der Waals surface area contributed by atoms with Gasteiger partial charge < -0.3 is 37.7 Å². The molecule has 1 saturated heterocycles. The van der Waals surface area contributed by atoms with Gasteiger partial charge >= 0.3 is 11.9 Å². The molecule has 0 radical (unpaired) electrons. The number of carbonyl (C=O) groups is 3. The van der Waals surface area contributed by atoms with Gasteiger partial charge in [0.2, 0.25) is 0 Å². The summed E-state index contributed by atoms with van der Waals surface area (Å²) in [5, 5.41) is 10.6. The van der Waals surface area contributed by atoms with Crippen molar-refractivity contribution in [1.29, 1.82) is 0 Å². The number of aliphatic hydroxyl groups excluding tert-OH is 1. The number of rotatable bonds is 36. The number of ether oxygens (including phenoxy) is 3. The van der Waals surface area contributed by atoms with Crippen LogP contribution in [0, 0.1) is 11.8 Å². The average molecular weight is 830 g/mol. The summed E-state index contributed by atoms with van der Waals surface area (Å²) in [5.74, 6) is -1.25. The molecular weight excluding hydrogens is 749 g/mol. The van der Waals surface area contributed by atoms with Crippen molar-refractivity contribution in [3.05, 3.63) is 12.2 Å². The number of phosphoric acid groups is 1. The third kappa shape index (κ3) is 25.5. The quantitative estimate of drug-likeness (QED) is 0.0161. The largest absolute Gasteiger partial charge is 0.756 e. The topological polar surface area (TPSA) is 161 Å². The molecule has 1 aliphatic carbocycles. The first-order valence-electron chi connectivity index (χ1n) is 22.5. The van der Waals surface area contributed by atoms with E-state index in [1.54, 1.807) is 0 Å². The van der Waals surface area contributed by atoms with Crippen molar-refractivity contribution < 1.29 is 56.7 Å². The molecule has 0 amide bonds. The summed E-state index contributed by atoms with van der Waals surface area (Å²) < 4.78 is 39.8. The smallest absolute Gasteiger partial charge is 0.306 e. The summed E-state index contributed by atoms with van der Waals surface area (Å²) in [5.41, 5.74) is 0. The molecule has 1 N–H and O–H groups in total. The molecule has 57 heavy (non-hydrogen) atoms. The average Bonchev–Trinajstić information content (AvgIpc) is 3.83. The highest BCUT2D eigenvalue weighted by Crippen LogP contribution is 2.41. The second-order valence-corrected chi connectivity index (χ2v) is 18.8. The van der Waals surface area contributed by atoms with Crippen LogP contribution in [0.4, 0.5) is 0 Å². The summed E-state index contributed by atoms with van der Waals surface area (Å²) in [7, 11) is 1.03. The van der Waals surface area contributed by atoms with Crippen LogP contribution < -0.4 is 4.89 Å². The van der Waals surface area contributed by atoms with E-state index >= 15 is 0 Å². The molecule has 13 heteroatoms. The molecule has 1 heterocycles. The molecule has 0 bridgehead atoms. The maximum Gasteiger partial charge on any atom is 0.306 e. The number of Topliss-reactive ketones (excluding diaryl/α,β-unsaturated/α-hetero) is 1. The summed E-state index contributed by atoms with van der Waals surface area (Å²) in [4.78, 5) is 50.6. The highest BCUT2D eigenvalue weighted by Gasteiger charge is 2.47. The fourth-order valence-electron chi connectivity index (χ4n) is 7.41. The van der Waals surface area contributed by atoms with Crippen LogP contribution >= 0.6 is 7.82 Å². The van der Waals surface area contributed by atoms with Crippen LogP contribution in [-0.2, 0) is 42.2 Å². The zero-order chi connectivity index (χ0) is 41.9. The van der Waals surface area contributed by atoms with Crippen LogP contribution in [-0.4, -0.2) is 99.2 Å². The van der Waals surface area contributed by atoms with Crippen LogP contribution in [0.15, 0.2) is 12.2 Å². The van der Waals surface area contributed by atoms with E-state index in [1.807, 2.05) is 21.1 Å². The Kier molecular flexibility index (Phi) is 26.7. The van der Waals surface area contributed by atoms with Gasteiger partial charge in [0, 0.05) is 25.2 Å². The first-order chi connectivity index (χ1) is 27.2. The minimum Gasteiger partial charge on any atom is -0.756 e. The van der Waals surface area contributed by atoms with Gasteiger partial charge in [0.25, 0.3) is 7.82 Å². The van der Waals surface area contributed by atoms with Gasteiger partial charge in [-0.05, 0) is 50.9 Å².